The Bertz CT molecular complexity index is 401. The molecule has 0 aromatic carbocycles. The second kappa shape index (κ2) is 2.82. The molecule has 0 fully saturated rings. The van der Waals surface area contributed by atoms with Gasteiger partial charge in [0.15, 0.2) is 9.84 Å². The molecule has 1 atom stereocenters. The monoisotopic (exact) mass is 214 g/mol. The molecule has 2 N–H and O–H groups in total. The molecule has 0 amide bonds. The van der Waals surface area contributed by atoms with Gasteiger partial charge >= 0.3 is 0 Å². The smallest absolute Gasteiger partial charge is 0.165 e. The van der Waals surface area contributed by atoms with E-state index in [0.29, 0.717) is 18.7 Å². The molecule has 0 saturated carbocycles. The number of hydrogen-bond acceptors (Lipinski definition) is 4. The lowest BCUT2D eigenvalue weighted by Gasteiger charge is -2.33. The van der Waals surface area contributed by atoms with Crippen molar-refractivity contribution in [3.8, 4) is 0 Å². The second-order valence-electron chi connectivity index (χ2n) is 4.02. The van der Waals surface area contributed by atoms with E-state index in [2.05, 4.69) is 4.99 Å². The molecule has 5 heteroatoms. The van der Waals surface area contributed by atoms with Gasteiger partial charge in [0.1, 0.15) is 10.6 Å². The molecule has 1 aliphatic carbocycles. The zero-order valence-electron chi connectivity index (χ0n) is 8.10. The van der Waals surface area contributed by atoms with E-state index < -0.39 is 14.6 Å². The Morgan fingerprint density at radius 3 is 2.57 bits per heavy atom. The van der Waals surface area contributed by atoms with Crippen LogP contribution in [-0.4, -0.2) is 30.8 Å². The summed E-state index contributed by atoms with van der Waals surface area (Å²) in [5.74, 6) is 0.413. The molecule has 2 aliphatic rings. The van der Waals surface area contributed by atoms with Crippen molar-refractivity contribution in [2.75, 3.05) is 5.75 Å². The highest BCUT2D eigenvalue weighted by Gasteiger charge is 2.50. The van der Waals surface area contributed by atoms with Crippen LogP contribution in [0.25, 0.3) is 0 Å². The van der Waals surface area contributed by atoms with Crippen molar-refractivity contribution in [1.82, 2.24) is 0 Å². The van der Waals surface area contributed by atoms with E-state index >= 15 is 0 Å². The molecular weight excluding hydrogens is 200 g/mol. The second-order valence-corrected chi connectivity index (χ2v) is 6.36. The van der Waals surface area contributed by atoms with Gasteiger partial charge in [-0.25, -0.2) is 8.42 Å². The standard InChI is InChI=1S/C9H14N2O2S/c1-7-6-14(12,13)9(8(10)11-7)4-2-3-5-9/h2-3,7H,4-6H2,1H3,(H2,10,11). The van der Waals surface area contributed by atoms with E-state index in [-0.39, 0.29) is 11.8 Å². The number of nitrogens with zero attached hydrogens (tertiary/aromatic N) is 1. The van der Waals surface area contributed by atoms with Crippen LogP contribution in [-0.2, 0) is 9.84 Å². The topological polar surface area (TPSA) is 72.5 Å². The highest BCUT2D eigenvalue weighted by atomic mass is 32.2. The van der Waals surface area contributed by atoms with Gasteiger partial charge in [-0.05, 0) is 19.8 Å². The van der Waals surface area contributed by atoms with Crippen molar-refractivity contribution < 1.29 is 8.42 Å². The molecule has 0 aromatic rings. The molecule has 1 aliphatic heterocycles. The van der Waals surface area contributed by atoms with Gasteiger partial charge in [0.05, 0.1) is 11.8 Å². The molecule has 4 nitrogen and oxygen atoms in total. The molecule has 0 bridgehead atoms. The molecular formula is C9H14N2O2S. The zero-order chi connectivity index (χ0) is 10.4. The normalized spacial score (nSPS) is 33.2. The van der Waals surface area contributed by atoms with Gasteiger partial charge in [-0.1, -0.05) is 12.2 Å². The highest BCUT2D eigenvalue weighted by Crippen LogP contribution is 2.36. The third-order valence-corrected chi connectivity index (χ3v) is 5.60. The number of nitrogens with two attached hydrogens (primary N) is 1. The number of amidine groups is 1. The summed E-state index contributed by atoms with van der Waals surface area (Å²) in [7, 11) is -3.14. The lowest BCUT2D eigenvalue weighted by molar-refractivity contribution is 0.551. The minimum Gasteiger partial charge on any atom is -0.386 e. The van der Waals surface area contributed by atoms with Gasteiger partial charge in [0, 0.05) is 0 Å². The van der Waals surface area contributed by atoms with Gasteiger partial charge < -0.3 is 5.73 Å². The molecule has 1 heterocycles. The lowest BCUT2D eigenvalue weighted by Crippen LogP contribution is -2.54. The third-order valence-electron chi connectivity index (χ3n) is 2.94. The van der Waals surface area contributed by atoms with Crippen molar-refractivity contribution in [3.63, 3.8) is 0 Å². The van der Waals surface area contributed by atoms with E-state index in [1.54, 1.807) is 6.92 Å². The SMILES string of the molecule is CC1CS(=O)(=O)C2(CC=CC2)C(N)=N1. The molecule has 1 spiro atoms. The summed E-state index contributed by atoms with van der Waals surface area (Å²) >= 11 is 0. The predicted octanol–water partition coefficient (Wildman–Crippen LogP) is 0.249. The van der Waals surface area contributed by atoms with Gasteiger partial charge in [0.2, 0.25) is 0 Å². The summed E-state index contributed by atoms with van der Waals surface area (Å²) in [6, 6.07) is -0.203. The van der Waals surface area contributed by atoms with Crippen LogP contribution in [0.1, 0.15) is 19.8 Å². The average Bonchev–Trinajstić information content (AvgIpc) is 2.48. The van der Waals surface area contributed by atoms with Gasteiger partial charge in [0.25, 0.3) is 0 Å². The molecule has 1 unspecified atom stereocenters. The van der Waals surface area contributed by atoms with E-state index in [1.165, 1.54) is 0 Å². The number of hydrogen-bond donors (Lipinski definition) is 1. The first kappa shape index (κ1) is 9.71. The van der Waals surface area contributed by atoms with Gasteiger partial charge in [-0.2, -0.15) is 0 Å². The lowest BCUT2D eigenvalue weighted by atomic mass is 10.0. The minimum absolute atomic E-state index is 0.120. The summed E-state index contributed by atoms with van der Waals surface area (Å²) in [4.78, 5) is 4.19. The Morgan fingerprint density at radius 2 is 2.07 bits per heavy atom. The van der Waals surface area contributed by atoms with Crippen molar-refractivity contribution in [2.24, 2.45) is 10.7 Å². The van der Waals surface area contributed by atoms with Crippen LogP contribution >= 0.6 is 0 Å². The van der Waals surface area contributed by atoms with Crippen LogP contribution in [0.4, 0.5) is 0 Å². The first-order chi connectivity index (χ1) is 6.48. The van der Waals surface area contributed by atoms with Gasteiger partial charge in [-0.15, -0.1) is 0 Å². The Morgan fingerprint density at radius 1 is 1.50 bits per heavy atom. The van der Waals surface area contributed by atoms with Crippen molar-refractivity contribution in [1.29, 1.82) is 0 Å². The van der Waals surface area contributed by atoms with Crippen LogP contribution < -0.4 is 5.73 Å². The fourth-order valence-electron chi connectivity index (χ4n) is 2.12. The van der Waals surface area contributed by atoms with Crippen molar-refractivity contribution in [3.05, 3.63) is 12.2 Å². The first-order valence-electron chi connectivity index (χ1n) is 4.69. The Labute approximate surface area is 83.8 Å². The summed E-state index contributed by atoms with van der Waals surface area (Å²) in [6.07, 6.45) is 4.71. The van der Waals surface area contributed by atoms with Gasteiger partial charge in [-0.3, -0.25) is 4.99 Å². The summed E-state index contributed by atoms with van der Waals surface area (Å²) in [6.45, 7) is 1.78. The van der Waals surface area contributed by atoms with Crippen molar-refractivity contribution in [2.45, 2.75) is 30.6 Å². The molecule has 0 radical (unpaired) electrons. The molecule has 14 heavy (non-hydrogen) atoms. The van der Waals surface area contributed by atoms with Crippen LogP contribution in [0.3, 0.4) is 0 Å². The molecule has 78 valence electrons. The summed E-state index contributed by atoms with van der Waals surface area (Å²) in [5.41, 5.74) is 5.77. The minimum atomic E-state index is -3.14. The number of aliphatic imine (C=N–C) groups is 1. The van der Waals surface area contributed by atoms with Crippen LogP contribution in [0.15, 0.2) is 17.1 Å². The Hall–Kier alpha value is -0.840. The Kier molecular flexibility index (Phi) is 1.96. The zero-order valence-corrected chi connectivity index (χ0v) is 8.92. The van der Waals surface area contributed by atoms with E-state index in [4.69, 9.17) is 5.73 Å². The first-order valence-corrected chi connectivity index (χ1v) is 6.34. The van der Waals surface area contributed by atoms with E-state index in [9.17, 15) is 8.42 Å². The quantitative estimate of drug-likeness (QED) is 0.587. The van der Waals surface area contributed by atoms with E-state index in [0.717, 1.165) is 0 Å². The maximum absolute atomic E-state index is 12.0. The third kappa shape index (κ3) is 1.11. The maximum atomic E-state index is 12.0. The van der Waals surface area contributed by atoms with E-state index in [1.807, 2.05) is 12.2 Å². The fraction of sp³-hybridized carbons (Fsp3) is 0.667. The average molecular weight is 214 g/mol. The van der Waals surface area contributed by atoms with Crippen LogP contribution in [0.2, 0.25) is 0 Å². The van der Waals surface area contributed by atoms with Crippen LogP contribution in [0, 0.1) is 0 Å². The number of allylic oxidation sites excluding steroid dienone is 2. The molecule has 0 aromatic heterocycles. The number of sulfone groups is 1. The summed E-state index contributed by atoms with van der Waals surface area (Å²) in [5, 5.41) is 0. The molecule has 0 saturated heterocycles. The largest absolute Gasteiger partial charge is 0.386 e. The predicted molar refractivity (Wildman–Crippen MR) is 56.0 cm³/mol. The van der Waals surface area contributed by atoms with Crippen LogP contribution in [0.5, 0.6) is 0 Å². The maximum Gasteiger partial charge on any atom is 0.165 e. The fourth-order valence-corrected chi connectivity index (χ4v) is 4.22. The molecule has 2 rings (SSSR count). The Balaban J connectivity index is 2.53. The number of rotatable bonds is 0. The van der Waals surface area contributed by atoms with Crippen molar-refractivity contribution >= 4 is 15.7 Å². The summed E-state index contributed by atoms with van der Waals surface area (Å²) < 4.78 is 23.1. The highest BCUT2D eigenvalue weighted by molar-refractivity contribution is 7.93.